The molecular formula is C19H26N4O3. The molecule has 26 heavy (non-hydrogen) atoms. The number of nitrogens with one attached hydrogen (secondary N) is 1. The Balaban J connectivity index is 1.40. The summed E-state index contributed by atoms with van der Waals surface area (Å²) in [6.07, 6.45) is 5.26. The highest BCUT2D eigenvalue weighted by Crippen LogP contribution is 2.17. The van der Waals surface area contributed by atoms with Gasteiger partial charge < -0.3 is 19.4 Å². The summed E-state index contributed by atoms with van der Waals surface area (Å²) >= 11 is 0. The Bertz CT molecular complexity index is 712. The van der Waals surface area contributed by atoms with Gasteiger partial charge in [-0.25, -0.2) is 0 Å². The Morgan fingerprint density at radius 3 is 2.65 bits per heavy atom. The lowest BCUT2D eigenvalue weighted by Crippen LogP contribution is -2.31. The van der Waals surface area contributed by atoms with E-state index in [0.717, 1.165) is 30.4 Å². The summed E-state index contributed by atoms with van der Waals surface area (Å²) in [4.78, 5) is 12.0. The SMILES string of the molecule is CCOc1ccc(OCC(=O)NCCc2nnc3n2CCCCC3)cc1. The number of ether oxygens (including phenoxy) is 2. The van der Waals surface area contributed by atoms with Crippen molar-refractivity contribution >= 4 is 5.91 Å². The van der Waals surface area contributed by atoms with Gasteiger partial charge in [-0.3, -0.25) is 4.79 Å². The van der Waals surface area contributed by atoms with Crippen LogP contribution in [0, 0.1) is 0 Å². The van der Waals surface area contributed by atoms with Crippen LogP contribution in [0.1, 0.15) is 37.8 Å². The molecule has 3 rings (SSSR count). The lowest BCUT2D eigenvalue weighted by atomic mass is 10.2. The lowest BCUT2D eigenvalue weighted by Gasteiger charge is -2.09. The molecule has 1 aliphatic heterocycles. The van der Waals surface area contributed by atoms with Crippen molar-refractivity contribution in [2.24, 2.45) is 0 Å². The van der Waals surface area contributed by atoms with Crippen molar-refractivity contribution in [2.75, 3.05) is 19.8 Å². The number of fused-ring (bicyclic) bond motifs is 1. The molecular weight excluding hydrogens is 332 g/mol. The molecule has 2 aromatic rings. The predicted molar refractivity (Wildman–Crippen MR) is 97.4 cm³/mol. The van der Waals surface area contributed by atoms with Crippen molar-refractivity contribution in [1.82, 2.24) is 20.1 Å². The van der Waals surface area contributed by atoms with E-state index in [9.17, 15) is 4.79 Å². The van der Waals surface area contributed by atoms with Gasteiger partial charge in [0.15, 0.2) is 6.61 Å². The van der Waals surface area contributed by atoms with Crippen LogP contribution in [0.5, 0.6) is 11.5 Å². The van der Waals surface area contributed by atoms with Gasteiger partial charge in [0.2, 0.25) is 0 Å². The van der Waals surface area contributed by atoms with Gasteiger partial charge >= 0.3 is 0 Å². The van der Waals surface area contributed by atoms with Crippen molar-refractivity contribution in [2.45, 2.75) is 45.6 Å². The highest BCUT2D eigenvalue weighted by atomic mass is 16.5. The van der Waals surface area contributed by atoms with Crippen molar-refractivity contribution in [3.05, 3.63) is 35.9 Å². The van der Waals surface area contributed by atoms with E-state index >= 15 is 0 Å². The van der Waals surface area contributed by atoms with Crippen molar-refractivity contribution < 1.29 is 14.3 Å². The largest absolute Gasteiger partial charge is 0.494 e. The van der Waals surface area contributed by atoms with Crippen LogP contribution in [-0.4, -0.2) is 40.4 Å². The second-order valence-corrected chi connectivity index (χ2v) is 6.29. The van der Waals surface area contributed by atoms with Gasteiger partial charge in [-0.15, -0.1) is 10.2 Å². The molecule has 0 atom stereocenters. The number of aromatic nitrogens is 3. The number of hydrogen-bond acceptors (Lipinski definition) is 5. The number of benzene rings is 1. The van der Waals surface area contributed by atoms with Crippen molar-refractivity contribution in [3.8, 4) is 11.5 Å². The van der Waals surface area contributed by atoms with E-state index in [2.05, 4.69) is 20.1 Å². The minimum absolute atomic E-state index is 0.00801. The lowest BCUT2D eigenvalue weighted by molar-refractivity contribution is -0.123. The van der Waals surface area contributed by atoms with Gasteiger partial charge in [-0.05, 0) is 44.0 Å². The molecule has 0 saturated carbocycles. The summed E-state index contributed by atoms with van der Waals surface area (Å²) in [7, 11) is 0. The molecule has 2 heterocycles. The molecule has 0 fully saturated rings. The number of rotatable bonds is 8. The normalized spacial score (nSPS) is 13.6. The standard InChI is InChI=1S/C19H26N4O3/c1-2-25-15-7-9-16(10-8-15)26-14-19(24)20-12-11-18-22-21-17-6-4-3-5-13-23(17)18/h7-10H,2-6,11-14H2,1H3,(H,20,24). The first-order chi connectivity index (χ1) is 12.8. The Hall–Kier alpha value is -2.57. The molecule has 0 unspecified atom stereocenters. The van der Waals surface area contributed by atoms with E-state index in [0.29, 0.717) is 25.3 Å². The van der Waals surface area contributed by atoms with Crippen molar-refractivity contribution in [1.29, 1.82) is 0 Å². The van der Waals surface area contributed by atoms with Gasteiger partial charge in [-0.1, -0.05) is 6.42 Å². The molecule has 1 aliphatic rings. The second kappa shape index (κ2) is 9.22. The van der Waals surface area contributed by atoms with E-state index < -0.39 is 0 Å². The van der Waals surface area contributed by atoms with Gasteiger partial charge in [-0.2, -0.15) is 0 Å². The second-order valence-electron chi connectivity index (χ2n) is 6.29. The molecule has 1 aromatic carbocycles. The minimum atomic E-state index is -0.144. The number of nitrogens with zero attached hydrogens (tertiary/aromatic N) is 3. The van der Waals surface area contributed by atoms with Crippen LogP contribution in [0.25, 0.3) is 0 Å². The Labute approximate surface area is 153 Å². The summed E-state index contributed by atoms with van der Waals surface area (Å²) in [5, 5.41) is 11.4. The summed E-state index contributed by atoms with van der Waals surface area (Å²) in [6, 6.07) is 7.25. The highest BCUT2D eigenvalue weighted by Gasteiger charge is 2.14. The Morgan fingerprint density at radius 2 is 1.88 bits per heavy atom. The Kier molecular flexibility index (Phi) is 6.46. The van der Waals surface area contributed by atoms with Gasteiger partial charge in [0.05, 0.1) is 6.61 Å². The van der Waals surface area contributed by atoms with E-state index in [1.807, 2.05) is 19.1 Å². The zero-order valence-electron chi connectivity index (χ0n) is 15.2. The van der Waals surface area contributed by atoms with Gasteiger partial charge in [0.1, 0.15) is 23.1 Å². The number of carbonyl (C=O) groups excluding carboxylic acids is 1. The molecule has 1 amide bonds. The smallest absolute Gasteiger partial charge is 0.257 e. The maximum atomic E-state index is 12.0. The van der Waals surface area contributed by atoms with E-state index in [1.54, 1.807) is 12.1 Å². The fraction of sp³-hybridized carbons (Fsp3) is 0.526. The molecule has 0 bridgehead atoms. The molecule has 0 radical (unpaired) electrons. The first-order valence-corrected chi connectivity index (χ1v) is 9.29. The monoisotopic (exact) mass is 358 g/mol. The van der Waals surface area contributed by atoms with Crippen LogP contribution in [-0.2, 0) is 24.2 Å². The molecule has 7 heteroatoms. The van der Waals surface area contributed by atoms with Crippen LogP contribution in [0.15, 0.2) is 24.3 Å². The molecule has 1 aromatic heterocycles. The quantitative estimate of drug-likeness (QED) is 0.782. The van der Waals surface area contributed by atoms with E-state index in [4.69, 9.17) is 9.47 Å². The average molecular weight is 358 g/mol. The summed E-state index contributed by atoms with van der Waals surface area (Å²) in [5.74, 6) is 3.31. The fourth-order valence-electron chi connectivity index (χ4n) is 3.04. The zero-order chi connectivity index (χ0) is 18.2. The third-order valence-electron chi connectivity index (χ3n) is 4.36. The topological polar surface area (TPSA) is 78.3 Å². The first kappa shape index (κ1) is 18.2. The summed E-state index contributed by atoms with van der Waals surface area (Å²) in [5.41, 5.74) is 0. The number of carbonyl (C=O) groups is 1. The third-order valence-corrected chi connectivity index (χ3v) is 4.36. The molecule has 1 N–H and O–H groups in total. The number of amides is 1. The Morgan fingerprint density at radius 1 is 1.12 bits per heavy atom. The van der Waals surface area contributed by atoms with Crippen LogP contribution in [0.3, 0.4) is 0 Å². The van der Waals surface area contributed by atoms with Gasteiger partial charge in [0.25, 0.3) is 5.91 Å². The third kappa shape index (κ3) is 4.97. The summed E-state index contributed by atoms with van der Waals surface area (Å²) < 4.78 is 13.1. The zero-order valence-corrected chi connectivity index (χ0v) is 15.2. The van der Waals surface area contributed by atoms with E-state index in [1.165, 1.54) is 19.3 Å². The van der Waals surface area contributed by atoms with Crippen LogP contribution in [0.2, 0.25) is 0 Å². The molecule has 140 valence electrons. The first-order valence-electron chi connectivity index (χ1n) is 9.29. The maximum absolute atomic E-state index is 12.0. The van der Waals surface area contributed by atoms with E-state index in [-0.39, 0.29) is 12.5 Å². The number of aryl methyl sites for hydroxylation is 1. The molecule has 0 aliphatic carbocycles. The molecule has 0 saturated heterocycles. The van der Waals surface area contributed by atoms with Gasteiger partial charge in [0, 0.05) is 25.9 Å². The molecule has 0 spiro atoms. The van der Waals surface area contributed by atoms with Crippen LogP contribution >= 0.6 is 0 Å². The highest BCUT2D eigenvalue weighted by molar-refractivity contribution is 5.77. The maximum Gasteiger partial charge on any atom is 0.257 e. The fourth-order valence-corrected chi connectivity index (χ4v) is 3.04. The van der Waals surface area contributed by atoms with Crippen LogP contribution < -0.4 is 14.8 Å². The summed E-state index contributed by atoms with van der Waals surface area (Å²) in [6.45, 7) is 4.06. The molecule has 7 nitrogen and oxygen atoms in total. The number of hydrogen-bond donors (Lipinski definition) is 1. The average Bonchev–Trinajstić information content (AvgIpc) is 2.88. The predicted octanol–water partition coefficient (Wildman–Crippen LogP) is 2.14. The minimum Gasteiger partial charge on any atom is -0.494 e. The van der Waals surface area contributed by atoms with Crippen LogP contribution in [0.4, 0.5) is 0 Å². The van der Waals surface area contributed by atoms with Crippen molar-refractivity contribution in [3.63, 3.8) is 0 Å².